The molecule has 0 bridgehead atoms. The van der Waals surface area contributed by atoms with E-state index in [0.717, 1.165) is 23.3 Å². The van der Waals surface area contributed by atoms with Crippen molar-refractivity contribution in [3.05, 3.63) is 24.6 Å². The van der Waals surface area contributed by atoms with Crippen molar-refractivity contribution in [1.29, 1.82) is 0 Å². The van der Waals surface area contributed by atoms with E-state index in [1.54, 1.807) is 12.5 Å². The number of furan rings is 1. The predicted octanol–water partition coefficient (Wildman–Crippen LogP) is 3.82. The van der Waals surface area contributed by atoms with Crippen molar-refractivity contribution < 1.29 is 4.42 Å². The molecule has 0 radical (unpaired) electrons. The zero-order valence-corrected chi connectivity index (χ0v) is 9.70. The molecule has 0 aliphatic heterocycles. The van der Waals surface area contributed by atoms with Crippen molar-refractivity contribution in [3.63, 3.8) is 0 Å². The summed E-state index contributed by atoms with van der Waals surface area (Å²) in [6, 6.07) is 3.84. The first kappa shape index (κ1) is 11.0. The minimum Gasteiger partial charge on any atom is -0.464 e. The van der Waals surface area contributed by atoms with Gasteiger partial charge in [0.25, 0.3) is 0 Å². The van der Waals surface area contributed by atoms with E-state index in [2.05, 4.69) is 17.2 Å². The average Bonchev–Trinajstić information content (AvgIpc) is 2.77. The fraction of sp³-hybridized carbons (Fsp3) is 0.462. The number of fused-ring (bicyclic) bond motifs is 1. The third-order valence-corrected chi connectivity index (χ3v) is 2.70. The Kier molecular flexibility index (Phi) is 3.81. The maximum absolute atomic E-state index is 5.32. The molecular weight excluding hydrogens is 200 g/mol. The van der Waals surface area contributed by atoms with E-state index in [1.165, 1.54) is 25.7 Å². The van der Waals surface area contributed by atoms with E-state index in [0.29, 0.717) is 0 Å². The Morgan fingerprint density at radius 3 is 3.06 bits per heavy atom. The molecule has 3 nitrogen and oxygen atoms in total. The van der Waals surface area contributed by atoms with Crippen LogP contribution in [0.1, 0.15) is 32.6 Å². The van der Waals surface area contributed by atoms with Gasteiger partial charge in [-0.2, -0.15) is 0 Å². The summed E-state index contributed by atoms with van der Waals surface area (Å²) in [6.07, 6.45) is 8.55. The van der Waals surface area contributed by atoms with Crippen LogP contribution < -0.4 is 5.32 Å². The molecule has 2 rings (SSSR count). The number of nitrogens with zero attached hydrogens (tertiary/aromatic N) is 1. The fourth-order valence-corrected chi connectivity index (χ4v) is 1.79. The minimum atomic E-state index is 0.894. The molecule has 2 heterocycles. The Morgan fingerprint density at radius 1 is 1.25 bits per heavy atom. The van der Waals surface area contributed by atoms with Crippen molar-refractivity contribution in [1.82, 2.24) is 4.98 Å². The lowest BCUT2D eigenvalue weighted by Crippen LogP contribution is -2.03. The van der Waals surface area contributed by atoms with Gasteiger partial charge >= 0.3 is 0 Å². The van der Waals surface area contributed by atoms with Crippen LogP contribution in [0.5, 0.6) is 0 Å². The highest BCUT2D eigenvalue weighted by atomic mass is 16.3. The van der Waals surface area contributed by atoms with E-state index in [-0.39, 0.29) is 0 Å². The number of hydrogen-bond acceptors (Lipinski definition) is 3. The van der Waals surface area contributed by atoms with Crippen LogP contribution >= 0.6 is 0 Å². The van der Waals surface area contributed by atoms with Gasteiger partial charge in [-0.1, -0.05) is 26.2 Å². The Balaban J connectivity index is 1.91. The Bertz CT molecular complexity index is 436. The average molecular weight is 218 g/mol. The van der Waals surface area contributed by atoms with Crippen molar-refractivity contribution >= 4 is 16.8 Å². The number of unbranched alkanes of at least 4 members (excludes halogenated alkanes) is 3. The van der Waals surface area contributed by atoms with Crippen LogP contribution in [0.25, 0.3) is 11.0 Å². The van der Waals surface area contributed by atoms with E-state index in [4.69, 9.17) is 4.42 Å². The summed E-state index contributed by atoms with van der Waals surface area (Å²) in [7, 11) is 0. The molecule has 16 heavy (non-hydrogen) atoms. The van der Waals surface area contributed by atoms with Gasteiger partial charge in [0.2, 0.25) is 0 Å². The zero-order chi connectivity index (χ0) is 11.2. The molecule has 0 unspecified atom stereocenters. The molecule has 2 aromatic heterocycles. The Morgan fingerprint density at radius 2 is 2.19 bits per heavy atom. The van der Waals surface area contributed by atoms with Gasteiger partial charge in [0.1, 0.15) is 11.4 Å². The Labute approximate surface area is 95.9 Å². The molecule has 0 spiro atoms. The molecule has 0 aliphatic carbocycles. The number of rotatable bonds is 6. The van der Waals surface area contributed by atoms with Gasteiger partial charge in [0.05, 0.1) is 11.6 Å². The van der Waals surface area contributed by atoms with Crippen LogP contribution in [-0.2, 0) is 0 Å². The standard InChI is InChI=1S/C13H18N2O/c1-2-3-4-5-8-14-13-11-7-10-16-12(11)6-9-15-13/h6-7,9-10H,2-5,8H2,1H3,(H,14,15). The fourth-order valence-electron chi connectivity index (χ4n) is 1.79. The first-order chi connectivity index (χ1) is 7.92. The van der Waals surface area contributed by atoms with E-state index >= 15 is 0 Å². The van der Waals surface area contributed by atoms with E-state index < -0.39 is 0 Å². The van der Waals surface area contributed by atoms with Crippen molar-refractivity contribution in [2.24, 2.45) is 0 Å². The quantitative estimate of drug-likeness (QED) is 0.749. The third kappa shape index (κ3) is 2.54. The Hall–Kier alpha value is -1.51. The normalized spacial score (nSPS) is 10.8. The maximum Gasteiger partial charge on any atom is 0.139 e. The molecule has 0 fully saturated rings. The third-order valence-electron chi connectivity index (χ3n) is 2.70. The molecule has 0 aromatic carbocycles. The summed E-state index contributed by atoms with van der Waals surface area (Å²) in [5.41, 5.74) is 0.894. The van der Waals surface area contributed by atoms with Gasteiger partial charge in [0.15, 0.2) is 0 Å². The number of nitrogens with one attached hydrogen (secondary N) is 1. The number of aromatic nitrogens is 1. The molecule has 0 aliphatic rings. The molecule has 86 valence electrons. The second kappa shape index (κ2) is 5.54. The first-order valence-corrected chi connectivity index (χ1v) is 5.98. The van der Waals surface area contributed by atoms with Crippen LogP contribution in [-0.4, -0.2) is 11.5 Å². The lowest BCUT2D eigenvalue weighted by Gasteiger charge is -2.05. The van der Waals surface area contributed by atoms with Gasteiger partial charge in [-0.15, -0.1) is 0 Å². The van der Waals surface area contributed by atoms with Gasteiger partial charge in [-0.05, 0) is 18.6 Å². The number of hydrogen-bond donors (Lipinski definition) is 1. The summed E-state index contributed by atoms with van der Waals surface area (Å²) in [5.74, 6) is 0.933. The summed E-state index contributed by atoms with van der Waals surface area (Å²) in [5, 5.41) is 4.43. The number of anilines is 1. The molecule has 0 saturated carbocycles. The first-order valence-electron chi connectivity index (χ1n) is 5.98. The van der Waals surface area contributed by atoms with Crippen LogP contribution in [0, 0.1) is 0 Å². The van der Waals surface area contributed by atoms with Gasteiger partial charge in [-0.25, -0.2) is 4.98 Å². The topological polar surface area (TPSA) is 38.1 Å². The summed E-state index contributed by atoms with van der Waals surface area (Å²) in [6.45, 7) is 3.21. The maximum atomic E-state index is 5.32. The zero-order valence-electron chi connectivity index (χ0n) is 9.70. The van der Waals surface area contributed by atoms with E-state index in [1.807, 2.05) is 12.1 Å². The van der Waals surface area contributed by atoms with Crippen LogP contribution in [0.15, 0.2) is 29.0 Å². The van der Waals surface area contributed by atoms with Crippen LogP contribution in [0.4, 0.5) is 5.82 Å². The van der Waals surface area contributed by atoms with Crippen LogP contribution in [0.3, 0.4) is 0 Å². The summed E-state index contributed by atoms with van der Waals surface area (Å²) in [4.78, 5) is 4.33. The van der Waals surface area contributed by atoms with Crippen molar-refractivity contribution in [2.45, 2.75) is 32.6 Å². The highest BCUT2D eigenvalue weighted by Crippen LogP contribution is 2.21. The van der Waals surface area contributed by atoms with Crippen molar-refractivity contribution in [2.75, 3.05) is 11.9 Å². The van der Waals surface area contributed by atoms with Gasteiger partial charge in [-0.3, -0.25) is 0 Å². The highest BCUT2D eigenvalue weighted by molar-refractivity contribution is 5.87. The second-order valence-electron chi connectivity index (χ2n) is 3.98. The molecule has 0 atom stereocenters. The lowest BCUT2D eigenvalue weighted by molar-refractivity contribution is 0.615. The predicted molar refractivity (Wildman–Crippen MR) is 66.6 cm³/mol. The molecular formula is C13H18N2O. The van der Waals surface area contributed by atoms with E-state index in [9.17, 15) is 0 Å². The SMILES string of the molecule is CCCCCCNc1nccc2occc12. The summed E-state index contributed by atoms with van der Waals surface area (Å²) >= 11 is 0. The van der Waals surface area contributed by atoms with Crippen molar-refractivity contribution in [3.8, 4) is 0 Å². The summed E-state index contributed by atoms with van der Waals surface area (Å²) < 4.78 is 5.32. The molecule has 2 aromatic rings. The number of pyridine rings is 1. The largest absolute Gasteiger partial charge is 0.464 e. The van der Waals surface area contributed by atoms with Gasteiger partial charge in [0, 0.05) is 12.7 Å². The van der Waals surface area contributed by atoms with Gasteiger partial charge < -0.3 is 9.73 Å². The molecule has 1 N–H and O–H groups in total. The van der Waals surface area contributed by atoms with Crippen LogP contribution in [0.2, 0.25) is 0 Å². The smallest absolute Gasteiger partial charge is 0.139 e. The minimum absolute atomic E-state index is 0.894. The lowest BCUT2D eigenvalue weighted by atomic mass is 10.2. The monoisotopic (exact) mass is 218 g/mol. The molecule has 0 amide bonds. The molecule has 0 saturated heterocycles. The second-order valence-corrected chi connectivity index (χ2v) is 3.98. The highest BCUT2D eigenvalue weighted by Gasteiger charge is 2.03. The molecule has 3 heteroatoms.